The predicted molar refractivity (Wildman–Crippen MR) is 90.7 cm³/mol. The van der Waals surface area contributed by atoms with Crippen LogP contribution in [-0.2, 0) is 4.79 Å². The van der Waals surface area contributed by atoms with Gasteiger partial charge in [0.1, 0.15) is 0 Å². The van der Waals surface area contributed by atoms with Crippen molar-refractivity contribution >= 4 is 5.91 Å². The van der Waals surface area contributed by atoms with Gasteiger partial charge in [0, 0.05) is 19.5 Å². The number of carbonyl (C=O) groups is 1. The third-order valence-corrected chi connectivity index (χ3v) is 4.54. The minimum absolute atomic E-state index is 0.126. The van der Waals surface area contributed by atoms with Gasteiger partial charge in [0.2, 0.25) is 5.91 Å². The lowest BCUT2D eigenvalue weighted by Gasteiger charge is -2.37. The summed E-state index contributed by atoms with van der Waals surface area (Å²) in [5.74, 6) is 0.943. The average Bonchev–Trinajstić information content (AvgIpc) is 2.55. The third kappa shape index (κ3) is 5.11. The van der Waals surface area contributed by atoms with Crippen molar-refractivity contribution in [2.45, 2.75) is 32.2 Å². The minimum Gasteiger partial charge on any atom is -0.354 e. The molecule has 1 amide bonds. The van der Waals surface area contributed by atoms with Crippen molar-refractivity contribution in [1.82, 2.24) is 15.5 Å². The molecule has 4 heteroatoms. The Balaban J connectivity index is 1.98. The van der Waals surface area contributed by atoms with Gasteiger partial charge in [-0.15, -0.1) is 0 Å². The molecule has 0 aromatic heterocycles. The van der Waals surface area contributed by atoms with Gasteiger partial charge in [-0.05, 0) is 44.5 Å². The monoisotopic (exact) mass is 303 g/mol. The second kappa shape index (κ2) is 8.91. The Bertz CT molecular complexity index is 441. The van der Waals surface area contributed by atoms with E-state index in [1.165, 1.54) is 18.4 Å². The summed E-state index contributed by atoms with van der Waals surface area (Å²) in [7, 11) is 1.87. The van der Waals surface area contributed by atoms with Crippen molar-refractivity contribution in [2.24, 2.45) is 5.92 Å². The first kappa shape index (κ1) is 17.0. The van der Waals surface area contributed by atoms with E-state index < -0.39 is 0 Å². The van der Waals surface area contributed by atoms with E-state index >= 15 is 0 Å². The lowest BCUT2D eigenvalue weighted by Crippen LogP contribution is -2.42. The van der Waals surface area contributed by atoms with Gasteiger partial charge in [0.15, 0.2) is 0 Å². The van der Waals surface area contributed by atoms with Gasteiger partial charge >= 0.3 is 0 Å². The van der Waals surface area contributed by atoms with Gasteiger partial charge in [0.05, 0.1) is 6.04 Å². The first-order valence-electron chi connectivity index (χ1n) is 8.41. The highest BCUT2D eigenvalue weighted by Gasteiger charge is 2.24. The summed E-state index contributed by atoms with van der Waals surface area (Å²) in [6.07, 6.45) is 3.03. The molecule has 1 aliphatic rings. The van der Waals surface area contributed by atoms with Crippen molar-refractivity contribution in [2.75, 3.05) is 33.2 Å². The van der Waals surface area contributed by atoms with E-state index in [-0.39, 0.29) is 11.9 Å². The minimum atomic E-state index is 0.126. The standard InChI is InChI=1S/C18H29N3O/c1-15-9-12-21(13-10-15)17(16-6-4-3-5-7-16)14-20-18(22)8-11-19-2/h3-7,15,17,19H,8-14H2,1-2H3,(H,20,22). The van der Waals surface area contributed by atoms with E-state index in [1.54, 1.807) is 0 Å². The number of nitrogens with one attached hydrogen (secondary N) is 2. The zero-order chi connectivity index (χ0) is 15.8. The molecule has 0 radical (unpaired) electrons. The molecule has 1 atom stereocenters. The van der Waals surface area contributed by atoms with E-state index in [0.29, 0.717) is 13.0 Å². The molecule has 22 heavy (non-hydrogen) atoms. The Morgan fingerprint density at radius 3 is 2.59 bits per heavy atom. The Kier molecular flexibility index (Phi) is 6.87. The van der Waals surface area contributed by atoms with Crippen molar-refractivity contribution < 1.29 is 4.79 Å². The van der Waals surface area contributed by atoms with Crippen LogP contribution < -0.4 is 10.6 Å². The van der Waals surface area contributed by atoms with Crippen LogP contribution in [0.25, 0.3) is 0 Å². The summed E-state index contributed by atoms with van der Waals surface area (Å²) in [5, 5.41) is 6.12. The number of hydrogen-bond acceptors (Lipinski definition) is 3. The number of likely N-dealkylation sites (tertiary alicyclic amines) is 1. The number of piperidine rings is 1. The van der Waals surface area contributed by atoms with Gasteiger partial charge in [-0.1, -0.05) is 37.3 Å². The highest BCUT2D eigenvalue weighted by molar-refractivity contribution is 5.76. The van der Waals surface area contributed by atoms with Crippen LogP contribution in [0.15, 0.2) is 30.3 Å². The highest BCUT2D eigenvalue weighted by Crippen LogP contribution is 2.26. The number of rotatable bonds is 7. The predicted octanol–water partition coefficient (Wildman–Crippen LogP) is 2.19. The number of amides is 1. The van der Waals surface area contributed by atoms with Crippen LogP contribution in [0.1, 0.15) is 37.8 Å². The van der Waals surface area contributed by atoms with Crippen molar-refractivity contribution in [1.29, 1.82) is 0 Å². The maximum atomic E-state index is 11.9. The van der Waals surface area contributed by atoms with Gasteiger partial charge in [-0.2, -0.15) is 0 Å². The number of carbonyl (C=O) groups excluding carboxylic acids is 1. The van der Waals surface area contributed by atoms with Gasteiger partial charge < -0.3 is 10.6 Å². The quantitative estimate of drug-likeness (QED) is 0.811. The van der Waals surface area contributed by atoms with E-state index in [4.69, 9.17) is 0 Å². The Hall–Kier alpha value is -1.39. The lowest BCUT2D eigenvalue weighted by atomic mass is 9.95. The first-order valence-corrected chi connectivity index (χ1v) is 8.41. The molecule has 0 saturated carbocycles. The molecule has 0 aliphatic carbocycles. The SMILES string of the molecule is CNCCC(=O)NCC(c1ccccc1)N1CCC(C)CC1. The first-order chi connectivity index (χ1) is 10.7. The molecular weight excluding hydrogens is 274 g/mol. The van der Waals surface area contributed by atoms with Crippen LogP contribution in [0.4, 0.5) is 0 Å². The largest absolute Gasteiger partial charge is 0.354 e. The zero-order valence-electron chi connectivity index (χ0n) is 13.8. The zero-order valence-corrected chi connectivity index (χ0v) is 13.8. The van der Waals surface area contributed by atoms with Gasteiger partial charge in [0.25, 0.3) is 0 Å². The maximum Gasteiger partial charge on any atom is 0.221 e. The molecule has 1 aromatic carbocycles. The fourth-order valence-corrected chi connectivity index (χ4v) is 3.01. The molecule has 2 N–H and O–H groups in total. The van der Waals surface area contributed by atoms with Crippen LogP contribution in [0.5, 0.6) is 0 Å². The Morgan fingerprint density at radius 2 is 1.95 bits per heavy atom. The molecule has 0 bridgehead atoms. The second-order valence-electron chi connectivity index (χ2n) is 6.30. The van der Waals surface area contributed by atoms with Crippen molar-refractivity contribution in [3.05, 3.63) is 35.9 Å². The lowest BCUT2D eigenvalue weighted by molar-refractivity contribution is -0.121. The van der Waals surface area contributed by atoms with Crippen molar-refractivity contribution in [3.8, 4) is 0 Å². The number of hydrogen-bond donors (Lipinski definition) is 2. The topological polar surface area (TPSA) is 44.4 Å². The molecule has 1 aliphatic heterocycles. The molecule has 2 rings (SSSR count). The van der Waals surface area contributed by atoms with Crippen LogP contribution >= 0.6 is 0 Å². The van der Waals surface area contributed by atoms with E-state index in [2.05, 4.69) is 46.7 Å². The molecule has 4 nitrogen and oxygen atoms in total. The van der Waals surface area contributed by atoms with Crippen LogP contribution in [0.2, 0.25) is 0 Å². The fourth-order valence-electron chi connectivity index (χ4n) is 3.01. The molecule has 122 valence electrons. The maximum absolute atomic E-state index is 11.9. The van der Waals surface area contributed by atoms with E-state index in [0.717, 1.165) is 25.6 Å². The van der Waals surface area contributed by atoms with E-state index in [9.17, 15) is 4.79 Å². The average molecular weight is 303 g/mol. The molecule has 1 fully saturated rings. The van der Waals surface area contributed by atoms with Gasteiger partial charge in [-0.25, -0.2) is 0 Å². The molecule has 1 aromatic rings. The number of benzene rings is 1. The van der Waals surface area contributed by atoms with Gasteiger partial charge in [-0.3, -0.25) is 9.69 Å². The summed E-state index contributed by atoms with van der Waals surface area (Å²) in [4.78, 5) is 14.4. The smallest absolute Gasteiger partial charge is 0.221 e. The highest BCUT2D eigenvalue weighted by atomic mass is 16.1. The molecule has 0 spiro atoms. The summed E-state index contributed by atoms with van der Waals surface area (Å²) in [6.45, 7) is 5.98. The summed E-state index contributed by atoms with van der Waals surface area (Å²) in [5.41, 5.74) is 1.30. The van der Waals surface area contributed by atoms with Crippen molar-refractivity contribution in [3.63, 3.8) is 0 Å². The number of nitrogens with zero attached hydrogens (tertiary/aromatic N) is 1. The molecular formula is C18H29N3O. The fraction of sp³-hybridized carbons (Fsp3) is 0.611. The summed E-state index contributed by atoms with van der Waals surface area (Å²) in [6, 6.07) is 10.8. The van der Waals surface area contributed by atoms with Crippen LogP contribution in [0.3, 0.4) is 0 Å². The third-order valence-electron chi connectivity index (χ3n) is 4.54. The Labute approximate surface area is 134 Å². The van der Waals surface area contributed by atoms with Crippen LogP contribution in [-0.4, -0.2) is 44.0 Å². The summed E-state index contributed by atoms with van der Waals surface area (Å²) < 4.78 is 0. The van der Waals surface area contributed by atoms with Crippen LogP contribution in [0, 0.1) is 5.92 Å². The summed E-state index contributed by atoms with van der Waals surface area (Å²) >= 11 is 0. The van der Waals surface area contributed by atoms with E-state index in [1.807, 2.05) is 13.1 Å². The molecule has 1 unspecified atom stereocenters. The molecule has 1 heterocycles. The normalized spacial score (nSPS) is 18.1. The molecule has 1 saturated heterocycles. The second-order valence-corrected chi connectivity index (χ2v) is 6.30. The Morgan fingerprint density at radius 1 is 1.27 bits per heavy atom.